The van der Waals surface area contributed by atoms with Gasteiger partial charge in [-0.15, -0.1) is 10.2 Å². The molecule has 2 heterocycles. The predicted octanol–water partition coefficient (Wildman–Crippen LogP) is -1.34. The summed E-state index contributed by atoms with van der Waals surface area (Å²) in [4.78, 5) is 0. The van der Waals surface area contributed by atoms with Crippen molar-refractivity contribution in [2.24, 2.45) is 5.14 Å². The van der Waals surface area contributed by atoms with Crippen LogP contribution in [0.2, 0.25) is 0 Å². The van der Waals surface area contributed by atoms with Gasteiger partial charge in [-0.3, -0.25) is 4.57 Å². The SMILES string of the molecule is COCCn1c(C2COCCO2)nnc1S(N)(=O)=O. The number of hydrogen-bond acceptors (Lipinski definition) is 7. The van der Waals surface area contributed by atoms with Crippen LogP contribution in [0.25, 0.3) is 0 Å². The zero-order chi connectivity index (χ0) is 13.9. The van der Waals surface area contributed by atoms with Gasteiger partial charge < -0.3 is 14.2 Å². The Morgan fingerprint density at radius 2 is 2.26 bits per heavy atom. The monoisotopic (exact) mass is 292 g/mol. The summed E-state index contributed by atoms with van der Waals surface area (Å²) in [6.07, 6.45) is -0.450. The van der Waals surface area contributed by atoms with Gasteiger partial charge in [-0.25, -0.2) is 13.6 Å². The van der Waals surface area contributed by atoms with Crippen LogP contribution >= 0.6 is 0 Å². The Morgan fingerprint density at radius 3 is 2.84 bits per heavy atom. The van der Waals surface area contributed by atoms with Crippen LogP contribution < -0.4 is 5.14 Å². The summed E-state index contributed by atoms with van der Waals surface area (Å²) in [5, 5.41) is 12.3. The Morgan fingerprint density at radius 1 is 1.47 bits per heavy atom. The lowest BCUT2D eigenvalue weighted by atomic mass is 10.3. The largest absolute Gasteiger partial charge is 0.383 e. The number of ether oxygens (including phenoxy) is 3. The maximum atomic E-state index is 11.5. The molecule has 0 bridgehead atoms. The Labute approximate surface area is 110 Å². The van der Waals surface area contributed by atoms with Gasteiger partial charge in [0.1, 0.15) is 6.10 Å². The minimum absolute atomic E-state index is 0.268. The van der Waals surface area contributed by atoms with Crippen molar-refractivity contribution in [3.05, 3.63) is 5.82 Å². The third-order valence-electron chi connectivity index (χ3n) is 2.62. The summed E-state index contributed by atoms with van der Waals surface area (Å²) in [5.74, 6) is 0.376. The molecule has 1 aliphatic rings. The standard InChI is InChI=1S/C9H16N4O5S/c1-16-3-2-13-8(7-6-17-4-5-18-7)11-12-9(13)19(10,14)15/h7H,2-6H2,1H3,(H2,10,14,15). The first-order chi connectivity index (χ1) is 9.04. The lowest BCUT2D eigenvalue weighted by Gasteiger charge is -2.22. The molecule has 2 N–H and O–H groups in total. The first kappa shape index (κ1) is 14.3. The van der Waals surface area contributed by atoms with Crippen molar-refractivity contribution in [3.8, 4) is 0 Å². The van der Waals surface area contributed by atoms with Crippen LogP contribution in [0.5, 0.6) is 0 Å². The molecule has 0 saturated carbocycles. The summed E-state index contributed by atoms with van der Waals surface area (Å²) < 4.78 is 40.0. The van der Waals surface area contributed by atoms with Crippen LogP contribution in [0.4, 0.5) is 0 Å². The summed E-state index contributed by atoms with van der Waals surface area (Å²) in [7, 11) is -2.43. The highest BCUT2D eigenvalue weighted by Crippen LogP contribution is 2.21. The van der Waals surface area contributed by atoms with Gasteiger partial charge in [0.25, 0.3) is 15.2 Å². The molecule has 1 fully saturated rings. The molecule has 2 rings (SSSR count). The molecule has 19 heavy (non-hydrogen) atoms. The van der Waals surface area contributed by atoms with Gasteiger partial charge in [0.15, 0.2) is 5.82 Å². The lowest BCUT2D eigenvalue weighted by Crippen LogP contribution is -2.27. The normalized spacial score (nSPS) is 20.6. The molecule has 0 aliphatic carbocycles. The summed E-state index contributed by atoms with van der Waals surface area (Å²) >= 11 is 0. The van der Waals surface area contributed by atoms with Crippen molar-refractivity contribution in [1.29, 1.82) is 0 Å². The Hall–Kier alpha value is -1.07. The summed E-state index contributed by atoms with van der Waals surface area (Å²) in [5.41, 5.74) is 0. The first-order valence-corrected chi connectivity index (χ1v) is 7.23. The van der Waals surface area contributed by atoms with Crippen molar-refractivity contribution in [1.82, 2.24) is 14.8 Å². The zero-order valence-electron chi connectivity index (χ0n) is 10.5. The average molecular weight is 292 g/mol. The molecule has 0 spiro atoms. The van der Waals surface area contributed by atoms with E-state index in [0.717, 1.165) is 0 Å². The molecule has 1 atom stereocenters. The van der Waals surface area contributed by atoms with Crippen LogP contribution in [0.3, 0.4) is 0 Å². The van der Waals surface area contributed by atoms with E-state index in [9.17, 15) is 8.42 Å². The average Bonchev–Trinajstić information content (AvgIpc) is 2.81. The topological polar surface area (TPSA) is 119 Å². The molecule has 1 saturated heterocycles. The van der Waals surface area contributed by atoms with Crippen molar-refractivity contribution >= 4 is 10.0 Å². The van der Waals surface area contributed by atoms with E-state index in [-0.39, 0.29) is 11.7 Å². The molecule has 0 aromatic carbocycles. The molecular weight excluding hydrogens is 276 g/mol. The second-order valence-electron chi connectivity index (χ2n) is 3.96. The molecule has 1 aromatic rings. The third-order valence-corrected chi connectivity index (χ3v) is 3.43. The Bertz CT molecular complexity index is 523. The Kier molecular flexibility index (Phi) is 4.47. The van der Waals surface area contributed by atoms with E-state index in [0.29, 0.717) is 32.3 Å². The van der Waals surface area contributed by atoms with E-state index < -0.39 is 16.1 Å². The minimum Gasteiger partial charge on any atom is -0.383 e. The van der Waals surface area contributed by atoms with Crippen LogP contribution in [-0.4, -0.2) is 56.7 Å². The fourth-order valence-electron chi connectivity index (χ4n) is 1.78. The van der Waals surface area contributed by atoms with E-state index in [4.69, 9.17) is 19.3 Å². The van der Waals surface area contributed by atoms with Gasteiger partial charge in [0.2, 0.25) is 0 Å². The van der Waals surface area contributed by atoms with Gasteiger partial charge in [0.05, 0.1) is 33.0 Å². The molecule has 0 radical (unpaired) electrons. The number of primary sulfonamides is 1. The van der Waals surface area contributed by atoms with Crippen LogP contribution in [0.1, 0.15) is 11.9 Å². The van der Waals surface area contributed by atoms with Gasteiger partial charge in [-0.1, -0.05) is 0 Å². The highest BCUT2D eigenvalue weighted by Gasteiger charge is 2.28. The number of sulfonamides is 1. The van der Waals surface area contributed by atoms with E-state index in [1.54, 1.807) is 0 Å². The molecule has 1 unspecified atom stereocenters. The summed E-state index contributed by atoms with van der Waals surface area (Å²) in [6, 6.07) is 0. The fraction of sp³-hybridized carbons (Fsp3) is 0.778. The van der Waals surface area contributed by atoms with Gasteiger partial charge in [0, 0.05) is 7.11 Å². The number of nitrogens with two attached hydrogens (primary N) is 1. The quantitative estimate of drug-likeness (QED) is 0.713. The van der Waals surface area contributed by atoms with E-state index >= 15 is 0 Å². The predicted molar refractivity (Wildman–Crippen MR) is 62.8 cm³/mol. The maximum absolute atomic E-state index is 11.5. The number of methoxy groups -OCH3 is 1. The van der Waals surface area contributed by atoms with Gasteiger partial charge in [-0.2, -0.15) is 0 Å². The first-order valence-electron chi connectivity index (χ1n) is 5.68. The second-order valence-corrected chi connectivity index (χ2v) is 5.42. The fourth-order valence-corrected chi connectivity index (χ4v) is 2.42. The van der Waals surface area contributed by atoms with Crippen molar-refractivity contribution in [3.63, 3.8) is 0 Å². The minimum atomic E-state index is -3.94. The molecule has 1 aliphatic heterocycles. The molecular formula is C9H16N4O5S. The lowest BCUT2D eigenvalue weighted by molar-refractivity contribution is -0.0951. The highest BCUT2D eigenvalue weighted by atomic mass is 32.2. The molecule has 0 amide bonds. The second kappa shape index (κ2) is 5.92. The Balaban J connectivity index is 2.34. The number of rotatable bonds is 5. The van der Waals surface area contributed by atoms with Gasteiger partial charge >= 0.3 is 0 Å². The van der Waals surface area contributed by atoms with Crippen LogP contribution in [-0.2, 0) is 30.8 Å². The number of aromatic nitrogens is 3. The molecule has 108 valence electrons. The smallest absolute Gasteiger partial charge is 0.273 e. The van der Waals surface area contributed by atoms with Crippen LogP contribution in [0, 0.1) is 0 Å². The van der Waals surface area contributed by atoms with Crippen molar-refractivity contribution in [2.75, 3.05) is 33.5 Å². The maximum Gasteiger partial charge on any atom is 0.273 e. The number of hydrogen-bond donors (Lipinski definition) is 1. The summed E-state index contributed by atoms with van der Waals surface area (Å²) in [6.45, 7) is 1.80. The molecule has 10 heteroatoms. The number of nitrogens with zero attached hydrogens (tertiary/aromatic N) is 3. The van der Waals surface area contributed by atoms with Gasteiger partial charge in [-0.05, 0) is 0 Å². The van der Waals surface area contributed by atoms with E-state index in [1.165, 1.54) is 11.7 Å². The zero-order valence-corrected chi connectivity index (χ0v) is 11.3. The third kappa shape index (κ3) is 3.28. The van der Waals surface area contributed by atoms with Crippen molar-refractivity contribution in [2.45, 2.75) is 17.8 Å². The molecule has 1 aromatic heterocycles. The van der Waals surface area contributed by atoms with E-state index in [1.807, 2.05) is 0 Å². The highest BCUT2D eigenvalue weighted by molar-refractivity contribution is 7.89. The van der Waals surface area contributed by atoms with Crippen molar-refractivity contribution < 1.29 is 22.6 Å². The van der Waals surface area contributed by atoms with Crippen LogP contribution in [0.15, 0.2) is 5.16 Å². The molecule has 9 nitrogen and oxygen atoms in total. The van der Waals surface area contributed by atoms with E-state index in [2.05, 4.69) is 10.2 Å².